The molecule has 1 aromatic rings. The normalized spacial score (nSPS) is 9.69. The van der Waals surface area contributed by atoms with Crippen molar-refractivity contribution in [2.45, 2.75) is 6.92 Å². The second-order valence-corrected chi connectivity index (χ2v) is 3.63. The molecule has 0 aliphatic heterocycles. The molecule has 0 aromatic heterocycles. The number of thiocarbonyl (C=S) groups is 1. The molecule has 0 aliphatic rings. The van der Waals surface area contributed by atoms with E-state index in [-0.39, 0.29) is 6.61 Å². The number of hydrogen-bond donors (Lipinski definition) is 1. The van der Waals surface area contributed by atoms with E-state index >= 15 is 0 Å². The molecule has 0 amide bonds. The highest BCUT2D eigenvalue weighted by Gasteiger charge is 2.00. The topological polar surface area (TPSA) is 35.2 Å². The predicted molar refractivity (Wildman–Crippen MR) is 58.5 cm³/mol. The van der Waals surface area contributed by atoms with Crippen molar-refractivity contribution in [2.75, 3.05) is 6.61 Å². The summed E-state index contributed by atoms with van der Waals surface area (Å²) in [6.07, 6.45) is 0. The molecule has 2 N–H and O–H groups in total. The molecule has 0 unspecified atom stereocenters. The van der Waals surface area contributed by atoms with Gasteiger partial charge in [0.15, 0.2) is 0 Å². The van der Waals surface area contributed by atoms with Gasteiger partial charge in [0, 0.05) is 5.02 Å². The lowest BCUT2D eigenvalue weighted by molar-refractivity contribution is 0.375. The minimum atomic E-state index is 0.262. The Morgan fingerprint density at radius 1 is 1.62 bits per heavy atom. The van der Waals surface area contributed by atoms with Gasteiger partial charge in [-0.2, -0.15) is 0 Å². The highest BCUT2D eigenvalue weighted by Crippen LogP contribution is 2.21. The van der Waals surface area contributed by atoms with E-state index in [4.69, 9.17) is 34.3 Å². The molecular formula is C9H10ClNOS. The van der Waals surface area contributed by atoms with E-state index in [1.54, 1.807) is 12.1 Å². The van der Waals surface area contributed by atoms with Crippen LogP contribution in [0.4, 0.5) is 0 Å². The molecule has 13 heavy (non-hydrogen) atoms. The molecule has 0 radical (unpaired) electrons. The van der Waals surface area contributed by atoms with Gasteiger partial charge in [0.1, 0.15) is 17.3 Å². The lowest BCUT2D eigenvalue weighted by Gasteiger charge is -2.07. The van der Waals surface area contributed by atoms with Crippen LogP contribution in [-0.4, -0.2) is 11.6 Å². The number of halogens is 1. The Hall–Kier alpha value is -0.800. The molecule has 0 bridgehead atoms. The standard InChI is InChI=1S/C9H10ClNOS/c1-6-4-7(10)2-3-8(6)12-5-9(11)13/h2-4H,5H2,1H3,(H2,11,13). The second kappa shape index (κ2) is 4.44. The Labute approximate surface area is 87.6 Å². The summed E-state index contributed by atoms with van der Waals surface area (Å²) >= 11 is 10.5. The monoisotopic (exact) mass is 215 g/mol. The van der Waals surface area contributed by atoms with E-state index in [2.05, 4.69) is 0 Å². The number of nitrogens with two attached hydrogens (primary N) is 1. The highest BCUT2D eigenvalue weighted by molar-refractivity contribution is 7.80. The minimum Gasteiger partial charge on any atom is -0.486 e. The van der Waals surface area contributed by atoms with Crippen molar-refractivity contribution in [2.24, 2.45) is 5.73 Å². The molecule has 0 atom stereocenters. The smallest absolute Gasteiger partial charge is 0.138 e. The highest BCUT2D eigenvalue weighted by atomic mass is 35.5. The third-order valence-corrected chi connectivity index (χ3v) is 1.86. The van der Waals surface area contributed by atoms with E-state index < -0.39 is 0 Å². The van der Waals surface area contributed by atoms with Gasteiger partial charge in [0.25, 0.3) is 0 Å². The first-order chi connectivity index (χ1) is 6.09. The third kappa shape index (κ3) is 3.20. The van der Waals surface area contributed by atoms with Crippen LogP contribution in [0.2, 0.25) is 5.02 Å². The Morgan fingerprint density at radius 2 is 2.31 bits per heavy atom. The maximum atomic E-state index is 5.77. The van der Waals surface area contributed by atoms with Gasteiger partial charge in [0.2, 0.25) is 0 Å². The SMILES string of the molecule is Cc1cc(Cl)ccc1OCC(N)=S. The van der Waals surface area contributed by atoms with Crippen LogP contribution in [0.1, 0.15) is 5.56 Å². The van der Waals surface area contributed by atoms with Crippen LogP contribution in [0.25, 0.3) is 0 Å². The predicted octanol–water partition coefficient (Wildman–Crippen LogP) is 2.31. The van der Waals surface area contributed by atoms with Gasteiger partial charge in [-0.1, -0.05) is 23.8 Å². The van der Waals surface area contributed by atoms with Crippen LogP contribution in [0.5, 0.6) is 5.75 Å². The molecule has 0 saturated heterocycles. The van der Waals surface area contributed by atoms with Crippen molar-refractivity contribution >= 4 is 28.8 Å². The van der Waals surface area contributed by atoms with Crippen LogP contribution < -0.4 is 10.5 Å². The molecule has 0 heterocycles. The number of aryl methyl sites for hydroxylation is 1. The second-order valence-electron chi connectivity index (χ2n) is 2.66. The van der Waals surface area contributed by atoms with Crippen molar-refractivity contribution in [1.82, 2.24) is 0 Å². The molecule has 0 aliphatic carbocycles. The molecule has 1 rings (SSSR count). The van der Waals surface area contributed by atoms with Crippen LogP contribution in [0.3, 0.4) is 0 Å². The zero-order valence-corrected chi connectivity index (χ0v) is 8.78. The molecule has 0 fully saturated rings. The number of rotatable bonds is 3. The summed E-state index contributed by atoms with van der Waals surface area (Å²) < 4.78 is 5.33. The number of benzene rings is 1. The first-order valence-electron chi connectivity index (χ1n) is 3.77. The molecule has 1 aromatic carbocycles. The van der Waals surface area contributed by atoms with Gasteiger partial charge in [-0.15, -0.1) is 0 Å². The zero-order valence-electron chi connectivity index (χ0n) is 7.21. The van der Waals surface area contributed by atoms with Gasteiger partial charge in [-0.3, -0.25) is 0 Å². The van der Waals surface area contributed by atoms with Crippen molar-refractivity contribution in [3.8, 4) is 5.75 Å². The Balaban J connectivity index is 2.72. The van der Waals surface area contributed by atoms with E-state index in [9.17, 15) is 0 Å². The van der Waals surface area contributed by atoms with Crippen LogP contribution in [0.15, 0.2) is 18.2 Å². The fourth-order valence-corrected chi connectivity index (χ4v) is 1.21. The average molecular weight is 216 g/mol. The van der Waals surface area contributed by atoms with Gasteiger partial charge in [-0.25, -0.2) is 0 Å². The van der Waals surface area contributed by atoms with E-state index in [0.717, 1.165) is 11.3 Å². The Kier molecular flexibility index (Phi) is 3.51. The van der Waals surface area contributed by atoms with Crippen LogP contribution >= 0.6 is 23.8 Å². The fourth-order valence-electron chi connectivity index (χ4n) is 0.924. The molecule has 0 spiro atoms. The van der Waals surface area contributed by atoms with Gasteiger partial charge in [-0.05, 0) is 30.7 Å². The lowest BCUT2D eigenvalue weighted by atomic mass is 10.2. The lowest BCUT2D eigenvalue weighted by Crippen LogP contribution is -2.18. The summed E-state index contributed by atoms with van der Waals surface area (Å²) in [7, 11) is 0. The first kappa shape index (κ1) is 10.3. The molecular weight excluding hydrogens is 206 g/mol. The van der Waals surface area contributed by atoms with Gasteiger partial charge in [0.05, 0.1) is 0 Å². The van der Waals surface area contributed by atoms with Crippen molar-refractivity contribution in [3.63, 3.8) is 0 Å². The summed E-state index contributed by atoms with van der Waals surface area (Å²) in [5.74, 6) is 0.761. The quantitative estimate of drug-likeness (QED) is 0.786. The van der Waals surface area contributed by atoms with E-state index in [0.29, 0.717) is 10.0 Å². The largest absolute Gasteiger partial charge is 0.486 e. The zero-order chi connectivity index (χ0) is 9.84. The first-order valence-corrected chi connectivity index (χ1v) is 4.55. The van der Waals surface area contributed by atoms with Gasteiger partial charge < -0.3 is 10.5 Å². The summed E-state index contributed by atoms with van der Waals surface area (Å²) in [6.45, 7) is 2.18. The molecule has 70 valence electrons. The van der Waals surface area contributed by atoms with E-state index in [1.165, 1.54) is 0 Å². The molecule has 2 nitrogen and oxygen atoms in total. The molecule has 0 saturated carbocycles. The Morgan fingerprint density at radius 3 is 2.85 bits per heavy atom. The fraction of sp³-hybridized carbons (Fsp3) is 0.222. The summed E-state index contributed by atoms with van der Waals surface area (Å²) in [4.78, 5) is 0.342. The van der Waals surface area contributed by atoms with Crippen molar-refractivity contribution in [3.05, 3.63) is 28.8 Å². The minimum absolute atomic E-state index is 0.262. The van der Waals surface area contributed by atoms with Crippen molar-refractivity contribution < 1.29 is 4.74 Å². The summed E-state index contributed by atoms with van der Waals surface area (Å²) in [5, 5.41) is 0.695. The van der Waals surface area contributed by atoms with Crippen LogP contribution in [0, 0.1) is 6.92 Å². The van der Waals surface area contributed by atoms with E-state index in [1.807, 2.05) is 13.0 Å². The maximum absolute atomic E-state index is 5.77. The van der Waals surface area contributed by atoms with Crippen LogP contribution in [-0.2, 0) is 0 Å². The maximum Gasteiger partial charge on any atom is 0.138 e. The van der Waals surface area contributed by atoms with Crippen molar-refractivity contribution in [1.29, 1.82) is 0 Å². The average Bonchev–Trinajstić information content (AvgIpc) is 2.02. The Bertz CT molecular complexity index is 327. The number of ether oxygens (including phenoxy) is 1. The third-order valence-electron chi connectivity index (χ3n) is 1.51. The number of hydrogen-bond acceptors (Lipinski definition) is 2. The van der Waals surface area contributed by atoms with Gasteiger partial charge >= 0.3 is 0 Å². The summed E-state index contributed by atoms with van der Waals surface area (Å²) in [6, 6.07) is 5.40. The molecule has 4 heteroatoms. The summed E-state index contributed by atoms with van der Waals surface area (Å²) in [5.41, 5.74) is 6.28.